The summed E-state index contributed by atoms with van der Waals surface area (Å²) in [4.78, 5) is 18.1. The van der Waals surface area contributed by atoms with Crippen molar-refractivity contribution in [2.45, 2.75) is 6.92 Å². The van der Waals surface area contributed by atoms with Gasteiger partial charge >= 0.3 is 0 Å². The average molecular weight is 270 g/mol. The first-order valence-electron chi connectivity index (χ1n) is 5.79. The minimum atomic E-state index is -0.589. The fourth-order valence-electron chi connectivity index (χ4n) is 1.62. The summed E-state index contributed by atoms with van der Waals surface area (Å²) in [7, 11) is 0. The first-order valence-corrected chi connectivity index (χ1v) is 5.79. The lowest BCUT2D eigenvalue weighted by Gasteiger charge is -2.05. The number of nitriles is 1. The minimum Gasteiger partial charge on any atom is -0.478 e. The van der Waals surface area contributed by atoms with E-state index in [0.29, 0.717) is 23.7 Å². The van der Waals surface area contributed by atoms with E-state index >= 15 is 0 Å². The summed E-state index contributed by atoms with van der Waals surface area (Å²) >= 11 is 0. The van der Waals surface area contributed by atoms with Crippen LogP contribution in [0.25, 0.3) is 11.3 Å². The summed E-state index contributed by atoms with van der Waals surface area (Å²) in [6.45, 7) is 2.35. The van der Waals surface area contributed by atoms with Crippen LogP contribution in [0.2, 0.25) is 0 Å². The molecule has 2 heterocycles. The lowest BCUT2D eigenvalue weighted by Crippen LogP contribution is -1.96. The Morgan fingerprint density at radius 3 is 2.75 bits per heavy atom. The Hall–Kier alpha value is -3.01. The summed E-state index contributed by atoms with van der Waals surface area (Å²) in [5.74, 6) is 0.469. The zero-order valence-electron chi connectivity index (χ0n) is 10.6. The van der Waals surface area contributed by atoms with E-state index in [0.717, 1.165) is 6.20 Å². The molecule has 0 aliphatic rings. The molecule has 0 amide bonds. The van der Waals surface area contributed by atoms with E-state index in [1.54, 1.807) is 12.1 Å². The molecule has 0 spiro atoms. The van der Waals surface area contributed by atoms with Crippen LogP contribution in [0.3, 0.4) is 0 Å². The summed E-state index contributed by atoms with van der Waals surface area (Å²) in [6, 6.07) is 6.45. The number of rotatable bonds is 4. The van der Waals surface area contributed by atoms with Gasteiger partial charge in [-0.05, 0) is 13.0 Å². The Labute approximate surface area is 114 Å². The van der Waals surface area contributed by atoms with Crippen molar-refractivity contribution in [3.8, 4) is 23.2 Å². The van der Waals surface area contributed by atoms with Gasteiger partial charge in [-0.1, -0.05) is 0 Å². The van der Waals surface area contributed by atoms with E-state index in [4.69, 9.17) is 10.00 Å². The van der Waals surface area contributed by atoms with Crippen LogP contribution in [0, 0.1) is 21.4 Å². The molecule has 0 unspecified atom stereocenters. The predicted octanol–water partition coefficient (Wildman–Crippen LogP) is 2.32. The molecule has 0 aliphatic carbocycles. The largest absolute Gasteiger partial charge is 0.478 e. The fraction of sp³-hybridized carbons (Fsp3) is 0.154. The van der Waals surface area contributed by atoms with Crippen molar-refractivity contribution in [2.75, 3.05) is 6.61 Å². The molecule has 100 valence electrons. The molecular formula is C13H10N4O3. The number of ether oxygens (including phenoxy) is 1. The molecule has 0 saturated carbocycles. The Balaban J connectivity index is 2.42. The van der Waals surface area contributed by atoms with Gasteiger partial charge in [0.25, 0.3) is 5.69 Å². The minimum absolute atomic E-state index is 0.130. The molecular weight excluding hydrogens is 260 g/mol. The first-order chi connectivity index (χ1) is 9.65. The molecule has 0 radical (unpaired) electrons. The van der Waals surface area contributed by atoms with Crippen molar-refractivity contribution in [1.29, 1.82) is 5.26 Å². The topological polar surface area (TPSA) is 102 Å². The Kier molecular flexibility index (Phi) is 3.86. The van der Waals surface area contributed by atoms with Gasteiger partial charge in [0.05, 0.1) is 22.8 Å². The summed E-state index contributed by atoms with van der Waals surface area (Å²) in [5, 5.41) is 19.7. The molecule has 20 heavy (non-hydrogen) atoms. The molecule has 2 aromatic heterocycles. The van der Waals surface area contributed by atoms with E-state index in [9.17, 15) is 10.1 Å². The van der Waals surface area contributed by atoms with Gasteiger partial charge in [-0.3, -0.25) is 10.1 Å². The number of pyridine rings is 2. The molecule has 0 N–H and O–H groups in total. The zero-order valence-corrected chi connectivity index (χ0v) is 10.6. The number of hydrogen-bond acceptors (Lipinski definition) is 6. The third-order valence-corrected chi connectivity index (χ3v) is 2.51. The monoisotopic (exact) mass is 270 g/mol. The normalized spacial score (nSPS) is 9.80. The lowest BCUT2D eigenvalue weighted by molar-refractivity contribution is -0.385. The number of nitro groups is 1. The third kappa shape index (κ3) is 2.70. The maximum absolute atomic E-state index is 10.7. The van der Waals surface area contributed by atoms with Crippen molar-refractivity contribution < 1.29 is 9.66 Å². The van der Waals surface area contributed by atoms with Crippen molar-refractivity contribution >= 4 is 5.69 Å². The van der Waals surface area contributed by atoms with E-state index in [-0.39, 0.29) is 11.3 Å². The van der Waals surface area contributed by atoms with E-state index in [1.165, 1.54) is 12.3 Å². The van der Waals surface area contributed by atoms with Gasteiger partial charge in [-0.15, -0.1) is 0 Å². The molecule has 7 heteroatoms. The van der Waals surface area contributed by atoms with Crippen LogP contribution in [0.5, 0.6) is 5.88 Å². The van der Waals surface area contributed by atoms with Crippen LogP contribution >= 0.6 is 0 Å². The maximum atomic E-state index is 10.7. The Bertz CT molecular complexity index is 677. The molecule has 2 rings (SSSR count). The second-order valence-electron chi connectivity index (χ2n) is 3.78. The van der Waals surface area contributed by atoms with Gasteiger partial charge in [0, 0.05) is 23.9 Å². The van der Waals surface area contributed by atoms with Gasteiger partial charge in [-0.25, -0.2) is 9.97 Å². The fourth-order valence-corrected chi connectivity index (χ4v) is 1.62. The highest BCUT2D eigenvalue weighted by Gasteiger charge is 2.13. The van der Waals surface area contributed by atoms with Crippen LogP contribution in [-0.2, 0) is 0 Å². The van der Waals surface area contributed by atoms with Crippen LogP contribution in [0.1, 0.15) is 12.5 Å². The van der Waals surface area contributed by atoms with Gasteiger partial charge in [0.1, 0.15) is 12.3 Å². The summed E-state index contributed by atoms with van der Waals surface area (Å²) in [6.07, 6.45) is 2.63. The van der Waals surface area contributed by atoms with Gasteiger partial charge in [-0.2, -0.15) is 5.26 Å². The number of nitrogens with zero attached hydrogens (tertiary/aromatic N) is 4. The van der Waals surface area contributed by atoms with Crippen LogP contribution in [-0.4, -0.2) is 21.5 Å². The Morgan fingerprint density at radius 2 is 2.20 bits per heavy atom. The van der Waals surface area contributed by atoms with Crippen LogP contribution in [0.4, 0.5) is 5.69 Å². The van der Waals surface area contributed by atoms with Gasteiger partial charge in [0.2, 0.25) is 5.88 Å². The quantitative estimate of drug-likeness (QED) is 0.624. The second-order valence-corrected chi connectivity index (χ2v) is 3.78. The van der Waals surface area contributed by atoms with Crippen LogP contribution in [0.15, 0.2) is 30.6 Å². The third-order valence-electron chi connectivity index (χ3n) is 2.51. The molecule has 0 atom stereocenters. The smallest absolute Gasteiger partial charge is 0.288 e. The number of hydrogen-bond donors (Lipinski definition) is 0. The average Bonchev–Trinajstić information content (AvgIpc) is 2.47. The van der Waals surface area contributed by atoms with Gasteiger partial charge in [0.15, 0.2) is 0 Å². The van der Waals surface area contributed by atoms with E-state index in [1.807, 2.05) is 13.0 Å². The van der Waals surface area contributed by atoms with E-state index in [2.05, 4.69) is 9.97 Å². The lowest BCUT2D eigenvalue weighted by atomic mass is 10.1. The molecule has 0 aromatic carbocycles. The molecule has 0 saturated heterocycles. The number of aromatic nitrogens is 2. The van der Waals surface area contributed by atoms with Crippen molar-refractivity contribution in [2.24, 2.45) is 0 Å². The Morgan fingerprint density at radius 1 is 1.40 bits per heavy atom. The van der Waals surface area contributed by atoms with Crippen LogP contribution < -0.4 is 4.74 Å². The van der Waals surface area contributed by atoms with Crippen molar-refractivity contribution in [3.05, 3.63) is 46.3 Å². The SMILES string of the molecule is CCOc1ccc(-c2ncc([N+](=O)[O-])cc2C#N)cn1. The molecule has 2 aromatic rings. The van der Waals surface area contributed by atoms with Crippen molar-refractivity contribution in [3.63, 3.8) is 0 Å². The predicted molar refractivity (Wildman–Crippen MR) is 70.0 cm³/mol. The molecule has 0 fully saturated rings. The highest BCUT2D eigenvalue weighted by atomic mass is 16.6. The molecule has 0 aliphatic heterocycles. The maximum Gasteiger partial charge on any atom is 0.288 e. The summed E-state index contributed by atoms with van der Waals surface area (Å²) < 4.78 is 5.22. The van der Waals surface area contributed by atoms with Gasteiger partial charge < -0.3 is 4.74 Å². The highest BCUT2D eigenvalue weighted by Crippen LogP contribution is 2.24. The highest BCUT2D eigenvalue weighted by molar-refractivity contribution is 5.67. The van der Waals surface area contributed by atoms with Crippen molar-refractivity contribution in [1.82, 2.24) is 9.97 Å². The van der Waals surface area contributed by atoms with E-state index < -0.39 is 4.92 Å². The molecule has 0 bridgehead atoms. The molecule has 7 nitrogen and oxygen atoms in total. The summed E-state index contributed by atoms with van der Waals surface area (Å²) in [5.41, 5.74) is 0.864. The first kappa shape index (κ1) is 13.4. The standard InChI is InChI=1S/C13H10N4O3/c1-2-20-12-4-3-9(7-15-12)13-10(6-14)5-11(8-16-13)17(18)19/h3-5,7-8H,2H2,1H3. The second kappa shape index (κ2) is 5.75. The zero-order chi connectivity index (χ0) is 14.5.